The molecule has 2 heterocycles. The molecule has 1 nitrogen and oxygen atoms in total. The van der Waals surface area contributed by atoms with Gasteiger partial charge in [-0.1, -0.05) is 103 Å². The summed E-state index contributed by atoms with van der Waals surface area (Å²) in [5, 5.41) is 5.13. The lowest BCUT2D eigenvalue weighted by Gasteiger charge is -2.15. The van der Waals surface area contributed by atoms with E-state index in [1.807, 2.05) is 11.3 Å². The van der Waals surface area contributed by atoms with E-state index in [-0.39, 0.29) is 0 Å². The Morgan fingerprint density at radius 2 is 1.32 bits per heavy atom. The van der Waals surface area contributed by atoms with Crippen LogP contribution in [0.2, 0.25) is 0 Å². The van der Waals surface area contributed by atoms with Crippen molar-refractivity contribution in [2.45, 2.75) is 18.8 Å². The number of hydrogen-bond acceptors (Lipinski definition) is 2. The maximum Gasteiger partial charge on any atom is 0.136 e. The molecular weight excluding hydrogens is 516 g/mol. The van der Waals surface area contributed by atoms with Crippen LogP contribution in [-0.2, 0) is 6.42 Å². The molecule has 41 heavy (non-hydrogen) atoms. The Morgan fingerprint density at radius 1 is 0.561 bits per heavy atom. The zero-order valence-corrected chi connectivity index (χ0v) is 23.2. The van der Waals surface area contributed by atoms with E-state index >= 15 is 0 Å². The highest BCUT2D eigenvalue weighted by Gasteiger charge is 2.31. The fourth-order valence-corrected chi connectivity index (χ4v) is 8.29. The summed E-state index contributed by atoms with van der Waals surface area (Å²) in [6, 6.07) is 46.4. The van der Waals surface area contributed by atoms with Gasteiger partial charge in [0.25, 0.3) is 0 Å². The maximum atomic E-state index is 6.43. The van der Waals surface area contributed by atoms with Crippen LogP contribution in [0, 0.1) is 0 Å². The average Bonchev–Trinajstić information content (AvgIpc) is 3.69. The summed E-state index contributed by atoms with van der Waals surface area (Å²) in [4.78, 5) is 0. The Kier molecular flexibility index (Phi) is 5.02. The highest BCUT2D eigenvalue weighted by molar-refractivity contribution is 7.26. The molecule has 1 aliphatic carbocycles. The molecule has 1 atom stereocenters. The van der Waals surface area contributed by atoms with Crippen LogP contribution < -0.4 is 0 Å². The fourth-order valence-electron chi connectivity index (χ4n) is 6.99. The highest BCUT2D eigenvalue weighted by atomic mass is 32.1. The fraction of sp³-hybridized carbons (Fsp3) is 0.0769. The van der Waals surface area contributed by atoms with Crippen molar-refractivity contribution in [2.24, 2.45) is 0 Å². The van der Waals surface area contributed by atoms with E-state index in [1.165, 1.54) is 69.9 Å². The lowest BCUT2D eigenvalue weighted by atomic mass is 9.89. The standard InChI is InChI=1S/C39H26OS/c1-2-8-25(9-3-1)26-16-19-30-29-17-14-24(22-35(29)40-36(30)23-26)15-18-32-27-10-4-5-11-28(27)33-20-21-34-31-12-6-7-13-37(31)41-39(34)38(32)33/h1-14,16-17,19-23,32H,15,18H2. The third-order valence-electron chi connectivity index (χ3n) is 8.93. The summed E-state index contributed by atoms with van der Waals surface area (Å²) in [5.74, 6) is 0.387. The van der Waals surface area contributed by atoms with E-state index in [4.69, 9.17) is 4.42 Å². The molecule has 0 aliphatic heterocycles. The number of fused-ring (bicyclic) bond motifs is 10. The van der Waals surface area contributed by atoms with Crippen LogP contribution >= 0.6 is 11.3 Å². The zero-order chi connectivity index (χ0) is 26.9. The van der Waals surface area contributed by atoms with Gasteiger partial charge in [-0.25, -0.2) is 0 Å². The second kappa shape index (κ2) is 8.92. The van der Waals surface area contributed by atoms with Crippen molar-refractivity contribution in [1.29, 1.82) is 0 Å². The molecule has 6 aromatic carbocycles. The first-order valence-corrected chi connectivity index (χ1v) is 15.2. The SMILES string of the molecule is c1ccc(-c2ccc3c(c2)oc2cc(CCC4c5ccccc5-c5ccc6c(sc7ccccc76)c54)ccc23)cc1. The summed E-state index contributed by atoms with van der Waals surface area (Å²) in [5.41, 5.74) is 11.4. The first kappa shape index (κ1) is 23.1. The largest absolute Gasteiger partial charge is 0.456 e. The van der Waals surface area contributed by atoms with E-state index in [0.29, 0.717) is 5.92 Å². The van der Waals surface area contributed by atoms with E-state index in [2.05, 4.69) is 127 Å². The number of thiophene rings is 1. The van der Waals surface area contributed by atoms with Crippen molar-refractivity contribution in [3.05, 3.63) is 144 Å². The van der Waals surface area contributed by atoms with Crippen molar-refractivity contribution in [2.75, 3.05) is 0 Å². The second-order valence-corrected chi connectivity index (χ2v) is 12.2. The van der Waals surface area contributed by atoms with Crippen molar-refractivity contribution >= 4 is 53.4 Å². The lowest BCUT2D eigenvalue weighted by Crippen LogP contribution is -1.99. The average molecular weight is 543 g/mol. The molecule has 8 aromatic rings. The number of hydrogen-bond donors (Lipinski definition) is 0. The molecule has 0 bridgehead atoms. The molecular formula is C39H26OS. The summed E-state index contributed by atoms with van der Waals surface area (Å²) in [6.45, 7) is 0. The molecule has 0 saturated carbocycles. The minimum absolute atomic E-state index is 0.387. The molecule has 0 amide bonds. The molecule has 0 radical (unpaired) electrons. The monoisotopic (exact) mass is 542 g/mol. The number of aryl methyl sites for hydroxylation is 1. The van der Waals surface area contributed by atoms with Gasteiger partial charge >= 0.3 is 0 Å². The Hall–Kier alpha value is -4.66. The van der Waals surface area contributed by atoms with E-state index < -0.39 is 0 Å². The van der Waals surface area contributed by atoms with Gasteiger partial charge in [0, 0.05) is 36.9 Å². The van der Waals surface area contributed by atoms with Crippen LogP contribution in [0.5, 0.6) is 0 Å². The topological polar surface area (TPSA) is 13.1 Å². The lowest BCUT2D eigenvalue weighted by molar-refractivity contribution is 0.667. The zero-order valence-electron chi connectivity index (χ0n) is 22.4. The molecule has 0 N–H and O–H groups in total. The summed E-state index contributed by atoms with van der Waals surface area (Å²) in [6.07, 6.45) is 2.07. The first-order valence-electron chi connectivity index (χ1n) is 14.4. The van der Waals surface area contributed by atoms with Crippen LogP contribution in [0.3, 0.4) is 0 Å². The van der Waals surface area contributed by atoms with Gasteiger partial charge < -0.3 is 4.42 Å². The predicted octanol–water partition coefficient (Wildman–Crippen LogP) is 11.4. The molecule has 1 unspecified atom stereocenters. The minimum atomic E-state index is 0.387. The Balaban J connectivity index is 1.09. The van der Waals surface area contributed by atoms with Gasteiger partial charge in [0.1, 0.15) is 11.2 Å². The molecule has 194 valence electrons. The van der Waals surface area contributed by atoms with Gasteiger partial charge in [0.15, 0.2) is 0 Å². The van der Waals surface area contributed by atoms with Crippen molar-refractivity contribution in [3.63, 3.8) is 0 Å². The minimum Gasteiger partial charge on any atom is -0.456 e. The van der Waals surface area contributed by atoms with Crippen LogP contribution in [0.1, 0.15) is 29.0 Å². The molecule has 2 heteroatoms. The van der Waals surface area contributed by atoms with E-state index in [1.54, 1.807) is 0 Å². The van der Waals surface area contributed by atoms with Gasteiger partial charge in [-0.2, -0.15) is 0 Å². The maximum absolute atomic E-state index is 6.43. The Morgan fingerprint density at radius 3 is 2.24 bits per heavy atom. The highest BCUT2D eigenvalue weighted by Crippen LogP contribution is 2.52. The summed E-state index contributed by atoms with van der Waals surface area (Å²) < 4.78 is 9.25. The van der Waals surface area contributed by atoms with Gasteiger partial charge in [-0.05, 0) is 76.1 Å². The van der Waals surface area contributed by atoms with Crippen molar-refractivity contribution in [3.8, 4) is 22.3 Å². The molecule has 0 spiro atoms. The molecule has 1 aliphatic rings. The molecule has 2 aromatic heterocycles. The van der Waals surface area contributed by atoms with Crippen LogP contribution in [0.25, 0.3) is 64.4 Å². The van der Waals surface area contributed by atoms with Gasteiger partial charge in [0.2, 0.25) is 0 Å². The number of benzene rings is 6. The Bertz CT molecular complexity index is 2270. The normalized spacial score (nSPS) is 14.3. The van der Waals surface area contributed by atoms with Crippen molar-refractivity contribution < 1.29 is 4.42 Å². The van der Waals surface area contributed by atoms with E-state index in [9.17, 15) is 0 Å². The number of rotatable bonds is 4. The van der Waals surface area contributed by atoms with Gasteiger partial charge in [-0.3, -0.25) is 0 Å². The van der Waals surface area contributed by atoms with Crippen LogP contribution in [0.15, 0.2) is 132 Å². The number of furan rings is 1. The van der Waals surface area contributed by atoms with E-state index in [0.717, 1.165) is 24.0 Å². The van der Waals surface area contributed by atoms with Crippen LogP contribution in [-0.4, -0.2) is 0 Å². The smallest absolute Gasteiger partial charge is 0.136 e. The third-order valence-corrected chi connectivity index (χ3v) is 10.1. The quantitative estimate of drug-likeness (QED) is 0.216. The second-order valence-electron chi connectivity index (χ2n) is 11.2. The first-order chi connectivity index (χ1) is 20.3. The van der Waals surface area contributed by atoms with Crippen LogP contribution in [0.4, 0.5) is 0 Å². The third kappa shape index (κ3) is 3.54. The van der Waals surface area contributed by atoms with Crippen molar-refractivity contribution in [1.82, 2.24) is 0 Å². The molecule has 0 saturated heterocycles. The molecule has 0 fully saturated rings. The van der Waals surface area contributed by atoms with Gasteiger partial charge in [0.05, 0.1) is 0 Å². The Labute approximate surface area is 242 Å². The molecule has 9 rings (SSSR count). The summed E-state index contributed by atoms with van der Waals surface area (Å²) in [7, 11) is 0. The summed E-state index contributed by atoms with van der Waals surface area (Å²) >= 11 is 1.95. The predicted molar refractivity (Wildman–Crippen MR) is 174 cm³/mol. The van der Waals surface area contributed by atoms with Gasteiger partial charge in [-0.15, -0.1) is 11.3 Å².